The van der Waals surface area contributed by atoms with Crippen molar-refractivity contribution in [1.82, 2.24) is 10.6 Å². The van der Waals surface area contributed by atoms with Crippen molar-refractivity contribution in [2.75, 3.05) is 6.54 Å². The van der Waals surface area contributed by atoms with Gasteiger partial charge in [0.2, 0.25) is 0 Å². The van der Waals surface area contributed by atoms with Crippen LogP contribution in [0.2, 0.25) is 0 Å². The van der Waals surface area contributed by atoms with Crippen LogP contribution in [0, 0.1) is 6.92 Å². The van der Waals surface area contributed by atoms with E-state index in [0.717, 1.165) is 19.3 Å². The highest BCUT2D eigenvalue weighted by Crippen LogP contribution is 2.17. The van der Waals surface area contributed by atoms with Gasteiger partial charge < -0.3 is 10.6 Å². The van der Waals surface area contributed by atoms with Crippen molar-refractivity contribution >= 4 is 6.03 Å². The average molecular weight is 260 g/mol. The van der Waals surface area contributed by atoms with Gasteiger partial charge in [-0.3, -0.25) is 0 Å². The lowest BCUT2D eigenvalue weighted by molar-refractivity contribution is 0.233. The molecule has 1 aliphatic carbocycles. The van der Waals surface area contributed by atoms with E-state index in [9.17, 15) is 4.79 Å². The molecule has 2 N–H and O–H groups in total. The third-order valence-electron chi connectivity index (χ3n) is 3.88. The number of benzene rings is 1. The maximum absolute atomic E-state index is 11.8. The van der Waals surface area contributed by atoms with Crippen LogP contribution >= 0.6 is 0 Å². The first-order valence-electron chi connectivity index (χ1n) is 7.34. The molecule has 2 amide bonds. The second kappa shape index (κ2) is 7.17. The van der Waals surface area contributed by atoms with Crippen LogP contribution in [0.1, 0.15) is 43.2 Å². The average Bonchev–Trinajstić information content (AvgIpc) is 2.42. The standard InChI is InChI=1S/C16H24N2O/c1-13-7-5-6-8-14(13)11-12-17-16(19)18-15-9-3-2-4-10-15/h5-8,15H,2-4,9-12H2,1H3,(H2,17,18,19). The smallest absolute Gasteiger partial charge is 0.315 e. The molecule has 1 aliphatic rings. The minimum Gasteiger partial charge on any atom is -0.338 e. The van der Waals surface area contributed by atoms with Gasteiger partial charge in [-0.2, -0.15) is 0 Å². The van der Waals surface area contributed by atoms with Crippen LogP contribution in [0.15, 0.2) is 24.3 Å². The minimum absolute atomic E-state index is 0.0134. The van der Waals surface area contributed by atoms with E-state index in [1.54, 1.807) is 0 Å². The van der Waals surface area contributed by atoms with E-state index in [-0.39, 0.29) is 6.03 Å². The first-order chi connectivity index (χ1) is 9.25. The normalized spacial score (nSPS) is 16.1. The Morgan fingerprint density at radius 2 is 1.95 bits per heavy atom. The monoisotopic (exact) mass is 260 g/mol. The molecule has 0 heterocycles. The highest BCUT2D eigenvalue weighted by atomic mass is 16.2. The summed E-state index contributed by atoms with van der Waals surface area (Å²) in [7, 11) is 0. The summed E-state index contributed by atoms with van der Waals surface area (Å²) >= 11 is 0. The van der Waals surface area contributed by atoms with Gasteiger partial charge in [0.15, 0.2) is 0 Å². The van der Waals surface area contributed by atoms with Gasteiger partial charge in [-0.15, -0.1) is 0 Å². The van der Waals surface area contributed by atoms with Gasteiger partial charge in [0, 0.05) is 12.6 Å². The Balaban J connectivity index is 1.67. The van der Waals surface area contributed by atoms with E-state index in [4.69, 9.17) is 0 Å². The summed E-state index contributed by atoms with van der Waals surface area (Å²) in [6.45, 7) is 2.81. The first-order valence-corrected chi connectivity index (χ1v) is 7.34. The molecule has 0 radical (unpaired) electrons. The summed E-state index contributed by atoms with van der Waals surface area (Å²) in [6.07, 6.45) is 6.95. The van der Waals surface area contributed by atoms with Crippen molar-refractivity contribution in [3.8, 4) is 0 Å². The van der Waals surface area contributed by atoms with Gasteiger partial charge >= 0.3 is 6.03 Å². The van der Waals surface area contributed by atoms with Gasteiger partial charge in [0.1, 0.15) is 0 Å². The lowest BCUT2D eigenvalue weighted by atomic mass is 9.96. The van der Waals surface area contributed by atoms with Crippen LogP contribution < -0.4 is 10.6 Å². The summed E-state index contributed by atoms with van der Waals surface area (Å²) in [5.41, 5.74) is 2.59. The van der Waals surface area contributed by atoms with Crippen LogP contribution in [0.4, 0.5) is 4.79 Å². The van der Waals surface area contributed by atoms with Crippen molar-refractivity contribution in [2.24, 2.45) is 0 Å². The van der Waals surface area contributed by atoms with Crippen molar-refractivity contribution < 1.29 is 4.79 Å². The Morgan fingerprint density at radius 1 is 1.21 bits per heavy atom. The summed E-state index contributed by atoms with van der Waals surface area (Å²) in [6, 6.07) is 8.69. The van der Waals surface area contributed by atoms with Crippen molar-refractivity contribution in [3.05, 3.63) is 35.4 Å². The zero-order valence-corrected chi connectivity index (χ0v) is 11.7. The van der Waals surface area contributed by atoms with Crippen LogP contribution in [0.3, 0.4) is 0 Å². The molecular weight excluding hydrogens is 236 g/mol. The quantitative estimate of drug-likeness (QED) is 0.857. The molecule has 3 heteroatoms. The molecule has 0 aliphatic heterocycles. The molecule has 0 saturated heterocycles. The third kappa shape index (κ3) is 4.58. The molecule has 0 spiro atoms. The maximum atomic E-state index is 11.8. The van der Waals surface area contributed by atoms with Gasteiger partial charge in [0.05, 0.1) is 0 Å². The lowest BCUT2D eigenvalue weighted by Crippen LogP contribution is -2.43. The summed E-state index contributed by atoms with van der Waals surface area (Å²) in [4.78, 5) is 11.8. The van der Waals surface area contributed by atoms with Gasteiger partial charge in [-0.1, -0.05) is 43.5 Å². The molecule has 1 saturated carbocycles. The number of carbonyl (C=O) groups is 1. The Hall–Kier alpha value is -1.51. The molecule has 1 aromatic carbocycles. The van der Waals surface area contributed by atoms with Gasteiger partial charge in [-0.25, -0.2) is 4.79 Å². The molecule has 2 rings (SSSR count). The SMILES string of the molecule is Cc1ccccc1CCNC(=O)NC1CCCCC1. The largest absolute Gasteiger partial charge is 0.338 e. The first kappa shape index (κ1) is 13.9. The van der Waals surface area contributed by atoms with E-state index in [0.29, 0.717) is 12.6 Å². The number of carbonyl (C=O) groups excluding carboxylic acids is 1. The molecule has 0 bridgehead atoms. The number of nitrogens with one attached hydrogen (secondary N) is 2. The Morgan fingerprint density at radius 3 is 2.68 bits per heavy atom. The van der Waals surface area contributed by atoms with Crippen LogP contribution in [0.5, 0.6) is 0 Å². The van der Waals surface area contributed by atoms with E-state index in [1.165, 1.54) is 30.4 Å². The molecule has 104 valence electrons. The summed E-state index contributed by atoms with van der Waals surface area (Å²) in [5, 5.41) is 6.03. The molecule has 0 aromatic heterocycles. The van der Waals surface area contributed by atoms with Crippen LogP contribution in [0.25, 0.3) is 0 Å². The fourth-order valence-corrected chi connectivity index (χ4v) is 2.68. The second-order valence-corrected chi connectivity index (χ2v) is 5.41. The highest BCUT2D eigenvalue weighted by Gasteiger charge is 2.15. The van der Waals surface area contributed by atoms with E-state index in [2.05, 4.69) is 29.7 Å². The molecule has 1 aromatic rings. The van der Waals surface area contributed by atoms with E-state index < -0.39 is 0 Å². The van der Waals surface area contributed by atoms with E-state index >= 15 is 0 Å². The summed E-state index contributed by atoms with van der Waals surface area (Å²) < 4.78 is 0. The lowest BCUT2D eigenvalue weighted by Gasteiger charge is -2.22. The topological polar surface area (TPSA) is 41.1 Å². The van der Waals surface area contributed by atoms with Crippen LogP contribution in [-0.2, 0) is 6.42 Å². The zero-order valence-electron chi connectivity index (χ0n) is 11.7. The van der Waals surface area contributed by atoms with Gasteiger partial charge in [0.25, 0.3) is 0 Å². The molecule has 1 fully saturated rings. The Labute approximate surface area is 115 Å². The van der Waals surface area contributed by atoms with Gasteiger partial charge in [-0.05, 0) is 37.3 Å². The van der Waals surface area contributed by atoms with Crippen molar-refractivity contribution in [3.63, 3.8) is 0 Å². The molecule has 0 atom stereocenters. The van der Waals surface area contributed by atoms with E-state index in [1.807, 2.05) is 12.1 Å². The molecule has 19 heavy (non-hydrogen) atoms. The highest BCUT2D eigenvalue weighted by molar-refractivity contribution is 5.74. The molecule has 0 unspecified atom stereocenters. The number of urea groups is 1. The minimum atomic E-state index is -0.0134. The third-order valence-corrected chi connectivity index (χ3v) is 3.88. The number of aryl methyl sites for hydroxylation is 1. The van der Waals surface area contributed by atoms with Crippen molar-refractivity contribution in [1.29, 1.82) is 0 Å². The predicted octanol–water partition coefficient (Wildman–Crippen LogP) is 3.17. The molecule has 3 nitrogen and oxygen atoms in total. The Kier molecular flexibility index (Phi) is 5.25. The maximum Gasteiger partial charge on any atom is 0.315 e. The molecular formula is C16H24N2O. The second-order valence-electron chi connectivity index (χ2n) is 5.41. The zero-order chi connectivity index (χ0) is 13.5. The fourth-order valence-electron chi connectivity index (χ4n) is 2.68. The Bertz CT molecular complexity index is 411. The fraction of sp³-hybridized carbons (Fsp3) is 0.562. The predicted molar refractivity (Wildman–Crippen MR) is 78.3 cm³/mol. The van der Waals surface area contributed by atoms with Crippen LogP contribution in [-0.4, -0.2) is 18.6 Å². The van der Waals surface area contributed by atoms with Crippen molar-refractivity contribution in [2.45, 2.75) is 51.5 Å². The number of rotatable bonds is 4. The summed E-state index contributed by atoms with van der Waals surface area (Å²) in [5.74, 6) is 0. The number of hydrogen-bond donors (Lipinski definition) is 2. The number of amides is 2. The number of hydrogen-bond acceptors (Lipinski definition) is 1.